The van der Waals surface area contributed by atoms with Gasteiger partial charge in [0, 0.05) is 29.6 Å². The molecular weight excluding hydrogens is 504 g/mol. The number of ketones is 1. The number of fused-ring (bicyclic) bond motifs is 1. The number of rotatable bonds is 6. The highest BCUT2D eigenvalue weighted by molar-refractivity contribution is 6.10. The van der Waals surface area contributed by atoms with Crippen LogP contribution in [0.4, 0.5) is 19.3 Å². The van der Waals surface area contributed by atoms with Crippen LogP contribution in [0.3, 0.4) is 0 Å². The van der Waals surface area contributed by atoms with Gasteiger partial charge in [0.25, 0.3) is 0 Å². The van der Waals surface area contributed by atoms with Gasteiger partial charge < -0.3 is 20.5 Å². The molecular formula is C30H33F2N3O4. The average Bonchev–Trinajstić information content (AvgIpc) is 3.72. The van der Waals surface area contributed by atoms with E-state index in [9.17, 15) is 23.5 Å². The number of aromatic nitrogens is 1. The molecule has 0 saturated heterocycles. The van der Waals surface area contributed by atoms with Gasteiger partial charge in [-0.25, -0.2) is 13.6 Å². The largest absolute Gasteiger partial charge is 0.503 e. The summed E-state index contributed by atoms with van der Waals surface area (Å²) in [5.41, 5.74) is 2.07. The van der Waals surface area contributed by atoms with Crippen molar-refractivity contribution in [2.45, 2.75) is 77.0 Å². The number of carbonyl (C=O) groups excluding carboxylic acids is 2. The Morgan fingerprint density at radius 1 is 0.949 bits per heavy atom. The molecule has 2 saturated carbocycles. The van der Waals surface area contributed by atoms with Gasteiger partial charge in [-0.15, -0.1) is 0 Å². The summed E-state index contributed by atoms with van der Waals surface area (Å²) in [4.78, 5) is 29.9. The zero-order valence-electron chi connectivity index (χ0n) is 22.3. The number of alkyl carbamates (subject to hydrolysis) is 1. The standard InChI is InChI=1S/C30H33F2N3O4/c1-30(2,3)39-29(38)35-20-9-7-19(8-10-20)34-26-21-12-17(18-13-23(31)28(37)24(32)14-18)6-11-25(21)33-15-22(26)27(36)16-4-5-16/h6,11-16,19-20,37H,4-5,7-10H2,1-3H3,(H,33,34)(H,35,38)/t19-,20-. The van der Waals surface area contributed by atoms with Crippen LogP contribution in [0.5, 0.6) is 5.75 Å². The minimum atomic E-state index is -1.05. The smallest absolute Gasteiger partial charge is 0.407 e. The summed E-state index contributed by atoms with van der Waals surface area (Å²) in [5, 5.41) is 16.7. The summed E-state index contributed by atoms with van der Waals surface area (Å²) < 4.78 is 33.6. The third-order valence-corrected chi connectivity index (χ3v) is 7.23. The normalized spacial score (nSPS) is 19.5. The molecule has 2 aliphatic carbocycles. The second-order valence-electron chi connectivity index (χ2n) is 11.5. The van der Waals surface area contributed by atoms with Crippen molar-refractivity contribution in [2.75, 3.05) is 5.32 Å². The fourth-order valence-electron chi connectivity index (χ4n) is 5.07. The van der Waals surface area contributed by atoms with E-state index in [-0.39, 0.29) is 29.3 Å². The van der Waals surface area contributed by atoms with E-state index in [2.05, 4.69) is 15.6 Å². The number of nitrogens with one attached hydrogen (secondary N) is 2. The van der Waals surface area contributed by atoms with Crippen LogP contribution in [-0.4, -0.2) is 39.7 Å². The third-order valence-electron chi connectivity index (χ3n) is 7.23. The molecule has 0 atom stereocenters. The fourth-order valence-corrected chi connectivity index (χ4v) is 5.07. The van der Waals surface area contributed by atoms with Crippen molar-refractivity contribution in [1.82, 2.24) is 10.3 Å². The number of hydrogen-bond acceptors (Lipinski definition) is 6. The molecule has 1 amide bonds. The molecule has 0 unspecified atom stereocenters. The van der Waals surface area contributed by atoms with Crippen LogP contribution in [-0.2, 0) is 4.74 Å². The van der Waals surface area contributed by atoms with Crippen molar-refractivity contribution >= 4 is 28.5 Å². The fraction of sp³-hybridized carbons (Fsp3) is 0.433. The number of Topliss-reactive ketones (excluding diaryl/α,β-unsaturated/α-hetero) is 1. The maximum atomic E-state index is 14.1. The van der Waals surface area contributed by atoms with Gasteiger partial charge in [0.15, 0.2) is 23.2 Å². The highest BCUT2D eigenvalue weighted by Gasteiger charge is 2.33. The van der Waals surface area contributed by atoms with Crippen LogP contribution in [0.25, 0.3) is 22.0 Å². The van der Waals surface area contributed by atoms with E-state index in [1.807, 2.05) is 20.8 Å². The number of nitrogens with zero attached hydrogens (tertiary/aromatic N) is 1. The predicted octanol–water partition coefficient (Wildman–Crippen LogP) is 6.73. The van der Waals surface area contributed by atoms with Gasteiger partial charge in [-0.05, 0) is 94.7 Å². The molecule has 206 valence electrons. The number of phenolic OH excluding ortho intramolecular Hbond substituents is 1. The van der Waals surface area contributed by atoms with Crippen LogP contribution < -0.4 is 10.6 Å². The van der Waals surface area contributed by atoms with Crippen molar-refractivity contribution in [3.05, 3.63) is 53.7 Å². The van der Waals surface area contributed by atoms with Crippen molar-refractivity contribution in [3.8, 4) is 16.9 Å². The number of pyridine rings is 1. The first kappa shape index (κ1) is 26.8. The highest BCUT2D eigenvalue weighted by atomic mass is 19.1. The van der Waals surface area contributed by atoms with Crippen molar-refractivity contribution in [1.29, 1.82) is 0 Å². The van der Waals surface area contributed by atoms with E-state index < -0.39 is 29.1 Å². The lowest BCUT2D eigenvalue weighted by Crippen LogP contribution is -2.42. The van der Waals surface area contributed by atoms with Crippen LogP contribution in [0.1, 0.15) is 69.7 Å². The van der Waals surface area contributed by atoms with Crippen LogP contribution in [0.15, 0.2) is 36.5 Å². The molecule has 7 nitrogen and oxygen atoms in total. The molecule has 3 N–H and O–H groups in total. The second kappa shape index (κ2) is 10.4. The zero-order chi connectivity index (χ0) is 27.9. The Bertz CT molecular complexity index is 1400. The minimum Gasteiger partial charge on any atom is -0.503 e. The molecule has 1 aromatic heterocycles. The molecule has 5 rings (SSSR count). The average molecular weight is 538 g/mol. The lowest BCUT2D eigenvalue weighted by atomic mass is 9.90. The summed E-state index contributed by atoms with van der Waals surface area (Å²) in [5.74, 6) is -3.08. The van der Waals surface area contributed by atoms with Crippen LogP contribution in [0, 0.1) is 17.6 Å². The Labute approximate surface area is 226 Å². The topological polar surface area (TPSA) is 101 Å². The number of aromatic hydroxyl groups is 1. The van der Waals surface area contributed by atoms with Gasteiger partial charge in [-0.2, -0.15) is 0 Å². The Hall–Kier alpha value is -3.75. The van der Waals surface area contributed by atoms with E-state index in [4.69, 9.17) is 4.74 Å². The first-order valence-electron chi connectivity index (χ1n) is 13.4. The summed E-state index contributed by atoms with van der Waals surface area (Å²) in [6, 6.07) is 7.47. The summed E-state index contributed by atoms with van der Waals surface area (Å²) in [6.07, 6.45) is 5.94. The number of amides is 1. The molecule has 2 aliphatic rings. The Kier molecular flexibility index (Phi) is 7.18. The van der Waals surface area contributed by atoms with Gasteiger partial charge in [-0.3, -0.25) is 9.78 Å². The lowest BCUT2D eigenvalue weighted by Gasteiger charge is -2.31. The maximum absolute atomic E-state index is 14.1. The maximum Gasteiger partial charge on any atom is 0.407 e. The minimum absolute atomic E-state index is 0.00513. The van der Waals surface area contributed by atoms with Crippen molar-refractivity contribution < 1.29 is 28.2 Å². The predicted molar refractivity (Wildman–Crippen MR) is 145 cm³/mol. The number of hydrogen-bond donors (Lipinski definition) is 3. The van der Waals surface area contributed by atoms with Crippen LogP contribution in [0.2, 0.25) is 0 Å². The Balaban J connectivity index is 1.42. The molecule has 2 fully saturated rings. The van der Waals surface area contributed by atoms with Gasteiger partial charge in [0.1, 0.15) is 5.60 Å². The first-order chi connectivity index (χ1) is 18.5. The molecule has 0 spiro atoms. The number of ether oxygens (including phenoxy) is 1. The SMILES string of the molecule is CC(C)(C)OC(=O)N[C@H]1CC[C@H](Nc2c(C(=O)C3CC3)cnc3ccc(-c4cc(F)c(O)c(F)c4)cc23)CC1. The van der Waals surface area contributed by atoms with Crippen molar-refractivity contribution in [3.63, 3.8) is 0 Å². The molecule has 0 radical (unpaired) electrons. The summed E-state index contributed by atoms with van der Waals surface area (Å²) in [7, 11) is 0. The number of benzene rings is 2. The number of anilines is 1. The van der Waals surface area contributed by atoms with Crippen molar-refractivity contribution in [2.24, 2.45) is 5.92 Å². The number of carbonyl (C=O) groups is 2. The zero-order valence-corrected chi connectivity index (χ0v) is 22.3. The molecule has 1 heterocycles. The lowest BCUT2D eigenvalue weighted by molar-refractivity contribution is 0.0492. The second-order valence-corrected chi connectivity index (χ2v) is 11.5. The Morgan fingerprint density at radius 2 is 1.59 bits per heavy atom. The van der Waals surface area contributed by atoms with E-state index in [1.165, 1.54) is 0 Å². The quantitative estimate of drug-likeness (QED) is 0.302. The monoisotopic (exact) mass is 537 g/mol. The van der Waals surface area contributed by atoms with Gasteiger partial charge in [0.2, 0.25) is 0 Å². The summed E-state index contributed by atoms with van der Waals surface area (Å²) >= 11 is 0. The number of halogens is 2. The number of phenols is 1. The molecule has 0 aliphatic heterocycles. The molecule has 0 bridgehead atoms. The van der Waals surface area contributed by atoms with E-state index in [0.717, 1.165) is 50.7 Å². The van der Waals surface area contributed by atoms with Crippen LogP contribution >= 0.6 is 0 Å². The van der Waals surface area contributed by atoms with Gasteiger partial charge >= 0.3 is 6.09 Å². The van der Waals surface area contributed by atoms with E-state index in [1.54, 1.807) is 24.4 Å². The van der Waals surface area contributed by atoms with Gasteiger partial charge in [0.05, 0.1) is 16.8 Å². The first-order valence-corrected chi connectivity index (χ1v) is 13.4. The molecule has 39 heavy (non-hydrogen) atoms. The molecule has 3 aromatic rings. The van der Waals surface area contributed by atoms with E-state index >= 15 is 0 Å². The third kappa shape index (κ3) is 6.13. The Morgan fingerprint density at radius 3 is 2.21 bits per heavy atom. The molecule has 9 heteroatoms. The van der Waals surface area contributed by atoms with E-state index in [0.29, 0.717) is 27.7 Å². The molecule has 2 aromatic carbocycles. The van der Waals surface area contributed by atoms with Gasteiger partial charge in [-0.1, -0.05) is 6.07 Å². The summed E-state index contributed by atoms with van der Waals surface area (Å²) in [6.45, 7) is 5.48. The highest BCUT2D eigenvalue weighted by Crippen LogP contribution is 2.39.